The van der Waals surface area contributed by atoms with Crippen LogP contribution in [0.3, 0.4) is 0 Å². The van der Waals surface area contributed by atoms with E-state index in [0.29, 0.717) is 19.1 Å². The first-order valence-corrected chi connectivity index (χ1v) is 10.2. The zero-order valence-electron chi connectivity index (χ0n) is 15.8. The summed E-state index contributed by atoms with van der Waals surface area (Å²) < 4.78 is 6.03. The highest BCUT2D eigenvalue weighted by Crippen LogP contribution is 2.19. The monoisotopic (exact) mass is 352 g/mol. The molecule has 1 aliphatic heterocycles. The van der Waals surface area contributed by atoms with Gasteiger partial charge in [0, 0.05) is 38.7 Å². The summed E-state index contributed by atoms with van der Waals surface area (Å²) in [5, 5.41) is 9.60. The van der Waals surface area contributed by atoms with E-state index in [1.54, 1.807) is 0 Å². The number of piperidine rings is 1. The Bertz CT molecular complexity index is 396. The van der Waals surface area contributed by atoms with Gasteiger partial charge in [-0.1, -0.05) is 25.7 Å². The number of guanidine groups is 1. The van der Waals surface area contributed by atoms with Crippen molar-refractivity contribution in [1.29, 1.82) is 0 Å². The van der Waals surface area contributed by atoms with Crippen molar-refractivity contribution in [2.75, 3.05) is 26.2 Å². The van der Waals surface area contributed by atoms with Crippen molar-refractivity contribution in [3.63, 3.8) is 0 Å². The Balaban J connectivity index is 1.59. The fourth-order valence-corrected chi connectivity index (χ4v) is 3.43. The highest BCUT2D eigenvalue weighted by atomic mass is 16.5. The number of nitrogens with zero attached hydrogens (tertiary/aromatic N) is 1. The maximum atomic E-state index is 11.2. The van der Waals surface area contributed by atoms with Crippen molar-refractivity contribution in [1.82, 2.24) is 16.0 Å². The summed E-state index contributed by atoms with van der Waals surface area (Å²) in [4.78, 5) is 15.9. The molecule has 0 spiro atoms. The van der Waals surface area contributed by atoms with E-state index in [4.69, 9.17) is 4.74 Å². The van der Waals surface area contributed by atoms with Crippen LogP contribution in [0.5, 0.6) is 0 Å². The molecule has 2 rings (SSSR count). The molecule has 0 bridgehead atoms. The summed E-state index contributed by atoms with van der Waals surface area (Å²) in [7, 11) is 0. The zero-order chi connectivity index (χ0) is 17.7. The Morgan fingerprint density at radius 3 is 2.68 bits per heavy atom. The zero-order valence-corrected chi connectivity index (χ0v) is 15.8. The van der Waals surface area contributed by atoms with Gasteiger partial charge in [-0.2, -0.15) is 0 Å². The first kappa shape index (κ1) is 20.0. The Labute approximate surface area is 152 Å². The summed E-state index contributed by atoms with van der Waals surface area (Å²) in [6.07, 6.45) is 12.0. The number of hydrogen-bond donors (Lipinski definition) is 3. The molecule has 1 heterocycles. The highest BCUT2D eigenvalue weighted by molar-refractivity contribution is 5.81. The molecule has 2 fully saturated rings. The minimum atomic E-state index is 0.147. The third-order valence-electron chi connectivity index (χ3n) is 4.93. The van der Waals surface area contributed by atoms with Crippen molar-refractivity contribution < 1.29 is 9.53 Å². The predicted octanol–water partition coefficient (Wildman–Crippen LogP) is 2.34. The molecule has 2 aliphatic rings. The van der Waals surface area contributed by atoms with Gasteiger partial charge in [-0.3, -0.25) is 9.79 Å². The number of nitrogens with one attached hydrogen (secondary N) is 3. The topological polar surface area (TPSA) is 74.8 Å². The molecule has 1 saturated carbocycles. The molecular weight excluding hydrogens is 316 g/mol. The van der Waals surface area contributed by atoms with Crippen molar-refractivity contribution >= 4 is 11.9 Å². The first-order valence-electron chi connectivity index (χ1n) is 10.2. The van der Waals surface area contributed by atoms with Gasteiger partial charge in [0.1, 0.15) is 0 Å². The lowest BCUT2D eigenvalue weighted by molar-refractivity contribution is -0.122. The molecule has 3 N–H and O–H groups in total. The minimum absolute atomic E-state index is 0.147. The number of aliphatic imine (C=N–C) groups is 1. The fraction of sp³-hybridized carbons (Fsp3) is 0.895. The molecule has 1 atom stereocenters. The minimum Gasteiger partial charge on any atom is -0.378 e. The van der Waals surface area contributed by atoms with Gasteiger partial charge in [-0.05, 0) is 39.0 Å². The van der Waals surface area contributed by atoms with E-state index >= 15 is 0 Å². The molecule has 25 heavy (non-hydrogen) atoms. The van der Waals surface area contributed by atoms with Gasteiger partial charge in [-0.15, -0.1) is 0 Å². The van der Waals surface area contributed by atoms with Gasteiger partial charge < -0.3 is 20.7 Å². The van der Waals surface area contributed by atoms with Gasteiger partial charge in [-0.25, -0.2) is 0 Å². The second-order valence-corrected chi connectivity index (χ2v) is 7.14. The quantitative estimate of drug-likeness (QED) is 0.271. The second kappa shape index (κ2) is 12.1. The number of rotatable bonds is 8. The summed E-state index contributed by atoms with van der Waals surface area (Å²) >= 11 is 0. The lowest BCUT2D eigenvalue weighted by Gasteiger charge is -2.25. The molecule has 6 heteroatoms. The SMILES string of the molecule is CCNC(=NCCCCOC1CCCCCC1)NC1CCC(=O)NC1. The molecule has 0 aromatic carbocycles. The molecule has 1 aliphatic carbocycles. The number of carbonyl (C=O) groups excluding carboxylic acids is 1. The average Bonchev–Trinajstić information content (AvgIpc) is 2.89. The van der Waals surface area contributed by atoms with E-state index in [2.05, 4.69) is 27.9 Å². The van der Waals surface area contributed by atoms with Crippen LogP contribution in [0.1, 0.15) is 71.1 Å². The first-order chi connectivity index (χ1) is 12.3. The Kier molecular flexibility index (Phi) is 9.70. The molecule has 1 saturated heterocycles. The molecule has 0 aromatic heterocycles. The maximum Gasteiger partial charge on any atom is 0.220 e. The number of carbonyl (C=O) groups is 1. The lowest BCUT2D eigenvalue weighted by Crippen LogP contribution is -2.51. The van der Waals surface area contributed by atoms with Gasteiger partial charge in [0.05, 0.1) is 6.10 Å². The smallest absolute Gasteiger partial charge is 0.220 e. The normalized spacial score (nSPS) is 23.0. The average molecular weight is 353 g/mol. The Hall–Kier alpha value is -1.30. The van der Waals surface area contributed by atoms with Crippen molar-refractivity contribution in [2.45, 2.75) is 83.3 Å². The fourth-order valence-electron chi connectivity index (χ4n) is 3.43. The van der Waals surface area contributed by atoms with Gasteiger partial charge in [0.25, 0.3) is 0 Å². The van der Waals surface area contributed by atoms with Crippen molar-refractivity contribution in [2.24, 2.45) is 4.99 Å². The van der Waals surface area contributed by atoms with E-state index in [1.165, 1.54) is 38.5 Å². The van der Waals surface area contributed by atoms with E-state index in [1.807, 2.05) is 0 Å². The molecule has 144 valence electrons. The number of unbranched alkanes of at least 4 members (excludes halogenated alkanes) is 1. The summed E-state index contributed by atoms with van der Waals surface area (Å²) in [5.41, 5.74) is 0. The number of ether oxygens (including phenoxy) is 1. The van der Waals surface area contributed by atoms with Crippen LogP contribution in [0.15, 0.2) is 4.99 Å². The van der Waals surface area contributed by atoms with Crippen molar-refractivity contribution in [3.05, 3.63) is 0 Å². The summed E-state index contributed by atoms with van der Waals surface area (Å²) in [6.45, 7) is 5.26. The third-order valence-corrected chi connectivity index (χ3v) is 4.93. The van der Waals surface area contributed by atoms with E-state index < -0.39 is 0 Å². The largest absolute Gasteiger partial charge is 0.378 e. The Morgan fingerprint density at radius 2 is 2.00 bits per heavy atom. The molecule has 1 unspecified atom stereocenters. The summed E-state index contributed by atoms with van der Waals surface area (Å²) in [6, 6.07) is 0.272. The van der Waals surface area contributed by atoms with Gasteiger partial charge in [0.2, 0.25) is 5.91 Å². The van der Waals surface area contributed by atoms with Crippen molar-refractivity contribution in [3.8, 4) is 0 Å². The van der Waals surface area contributed by atoms with Crippen LogP contribution < -0.4 is 16.0 Å². The Morgan fingerprint density at radius 1 is 1.20 bits per heavy atom. The van der Waals surface area contributed by atoms with Crippen LogP contribution in [0, 0.1) is 0 Å². The van der Waals surface area contributed by atoms with E-state index in [-0.39, 0.29) is 11.9 Å². The number of amides is 1. The summed E-state index contributed by atoms with van der Waals surface area (Å²) in [5.74, 6) is 1.00. The standard InChI is InChI=1S/C19H36N4O2/c1-2-20-19(23-16-11-12-18(24)22-15-16)21-13-7-8-14-25-17-9-5-3-4-6-10-17/h16-17H,2-15H2,1H3,(H,22,24)(H2,20,21,23). The van der Waals surface area contributed by atoms with Gasteiger partial charge >= 0.3 is 0 Å². The highest BCUT2D eigenvalue weighted by Gasteiger charge is 2.18. The number of hydrogen-bond acceptors (Lipinski definition) is 3. The van der Waals surface area contributed by atoms with Crippen LogP contribution in [-0.2, 0) is 9.53 Å². The van der Waals surface area contributed by atoms with Crippen LogP contribution in [0.4, 0.5) is 0 Å². The molecule has 0 aromatic rings. The van der Waals surface area contributed by atoms with Crippen LogP contribution in [0.25, 0.3) is 0 Å². The molecular formula is C19H36N4O2. The molecule has 6 nitrogen and oxygen atoms in total. The lowest BCUT2D eigenvalue weighted by atomic mass is 10.1. The maximum absolute atomic E-state index is 11.2. The second-order valence-electron chi connectivity index (χ2n) is 7.14. The third kappa shape index (κ3) is 8.56. The molecule has 1 amide bonds. The van der Waals surface area contributed by atoms with Crippen LogP contribution in [0.2, 0.25) is 0 Å². The van der Waals surface area contributed by atoms with E-state index in [9.17, 15) is 4.79 Å². The van der Waals surface area contributed by atoms with Gasteiger partial charge in [0.15, 0.2) is 5.96 Å². The van der Waals surface area contributed by atoms with E-state index in [0.717, 1.165) is 44.9 Å². The predicted molar refractivity (Wildman–Crippen MR) is 102 cm³/mol. The molecule has 0 radical (unpaired) electrons. The van der Waals surface area contributed by atoms with Crippen LogP contribution in [-0.4, -0.2) is 50.3 Å². The van der Waals surface area contributed by atoms with Crippen LogP contribution >= 0.6 is 0 Å².